The van der Waals surface area contributed by atoms with Crippen molar-refractivity contribution in [3.05, 3.63) is 12.7 Å². The normalized spacial score (nSPS) is 8.78. The molecular formula is C9H20. The Morgan fingerprint density at radius 1 is 1.00 bits per heavy atom. The van der Waals surface area contributed by atoms with Crippen molar-refractivity contribution in [2.75, 3.05) is 0 Å². The Balaban J connectivity index is 0. The maximum absolute atomic E-state index is 3.36. The summed E-state index contributed by atoms with van der Waals surface area (Å²) in [6.07, 6.45) is 1.75. The molecule has 0 radical (unpaired) electrons. The van der Waals surface area contributed by atoms with Crippen LogP contribution in [0.4, 0.5) is 0 Å². The molecule has 0 aliphatic heterocycles. The maximum Gasteiger partial charge on any atom is -0.0448 e. The number of rotatable bonds is 1. The SMILES string of the molecule is C=CC.CC(C)C(C)C. The molecule has 0 spiro atoms. The van der Waals surface area contributed by atoms with Gasteiger partial charge in [0, 0.05) is 0 Å². The Kier molecular flexibility index (Phi) is 9.91. The fourth-order valence-corrected chi connectivity index (χ4v) is 0. The third-order valence-corrected chi connectivity index (χ3v) is 1.33. The highest BCUT2D eigenvalue weighted by atomic mass is 14.0. The highest BCUT2D eigenvalue weighted by Gasteiger charge is 1.95. The molecule has 0 saturated heterocycles. The van der Waals surface area contributed by atoms with Crippen molar-refractivity contribution in [1.29, 1.82) is 0 Å². The maximum atomic E-state index is 3.36. The lowest BCUT2D eigenvalue weighted by atomic mass is 10.0. The van der Waals surface area contributed by atoms with Gasteiger partial charge in [0.1, 0.15) is 0 Å². The van der Waals surface area contributed by atoms with Crippen molar-refractivity contribution in [3.63, 3.8) is 0 Å². The van der Waals surface area contributed by atoms with E-state index >= 15 is 0 Å². The minimum atomic E-state index is 0.852. The fraction of sp³-hybridized carbons (Fsp3) is 0.778. The lowest BCUT2D eigenvalue weighted by Gasteiger charge is -2.05. The van der Waals surface area contributed by atoms with E-state index in [-0.39, 0.29) is 0 Å². The molecule has 0 aromatic rings. The zero-order chi connectivity index (χ0) is 7.86. The highest BCUT2D eigenvalue weighted by Crippen LogP contribution is 2.05. The first kappa shape index (κ1) is 11.5. The predicted octanol–water partition coefficient (Wildman–Crippen LogP) is 3.49. The first-order chi connectivity index (χ1) is 4.06. The Labute approximate surface area is 60.0 Å². The third kappa shape index (κ3) is 18.2. The van der Waals surface area contributed by atoms with Gasteiger partial charge in [0.25, 0.3) is 0 Å². The van der Waals surface area contributed by atoms with E-state index in [1.54, 1.807) is 6.08 Å². The van der Waals surface area contributed by atoms with Gasteiger partial charge in [0.15, 0.2) is 0 Å². The van der Waals surface area contributed by atoms with Crippen LogP contribution < -0.4 is 0 Å². The summed E-state index contributed by atoms with van der Waals surface area (Å²) >= 11 is 0. The van der Waals surface area contributed by atoms with Gasteiger partial charge in [-0.1, -0.05) is 33.8 Å². The van der Waals surface area contributed by atoms with Crippen molar-refractivity contribution >= 4 is 0 Å². The molecule has 0 aromatic carbocycles. The van der Waals surface area contributed by atoms with Crippen molar-refractivity contribution in [1.82, 2.24) is 0 Å². The zero-order valence-corrected chi connectivity index (χ0v) is 7.44. The van der Waals surface area contributed by atoms with Crippen LogP contribution in [0.3, 0.4) is 0 Å². The van der Waals surface area contributed by atoms with E-state index in [9.17, 15) is 0 Å². The van der Waals surface area contributed by atoms with Crippen LogP contribution in [0.15, 0.2) is 12.7 Å². The molecule has 0 bridgehead atoms. The molecule has 0 rings (SSSR count). The molecule has 0 unspecified atom stereocenters. The number of hydrogen-bond donors (Lipinski definition) is 0. The zero-order valence-electron chi connectivity index (χ0n) is 7.44. The third-order valence-electron chi connectivity index (χ3n) is 1.33. The summed E-state index contributed by atoms with van der Waals surface area (Å²) in [4.78, 5) is 0. The van der Waals surface area contributed by atoms with Crippen LogP contribution in [-0.4, -0.2) is 0 Å². The molecule has 0 heteroatoms. The summed E-state index contributed by atoms with van der Waals surface area (Å²) in [5.41, 5.74) is 0. The molecule has 0 heterocycles. The van der Waals surface area contributed by atoms with Gasteiger partial charge >= 0.3 is 0 Å². The summed E-state index contributed by atoms with van der Waals surface area (Å²) in [5, 5.41) is 0. The van der Waals surface area contributed by atoms with E-state index in [2.05, 4.69) is 34.3 Å². The lowest BCUT2D eigenvalue weighted by Crippen LogP contribution is -1.95. The second kappa shape index (κ2) is 7.74. The van der Waals surface area contributed by atoms with Crippen LogP contribution in [0.2, 0.25) is 0 Å². The molecule has 0 amide bonds. The Morgan fingerprint density at radius 2 is 1.11 bits per heavy atom. The fourth-order valence-electron chi connectivity index (χ4n) is 0. The van der Waals surface area contributed by atoms with E-state index in [1.807, 2.05) is 6.92 Å². The van der Waals surface area contributed by atoms with Crippen LogP contribution in [-0.2, 0) is 0 Å². The Morgan fingerprint density at radius 3 is 1.11 bits per heavy atom. The summed E-state index contributed by atoms with van der Waals surface area (Å²) in [7, 11) is 0. The quantitative estimate of drug-likeness (QED) is 0.474. The van der Waals surface area contributed by atoms with Crippen molar-refractivity contribution < 1.29 is 0 Å². The van der Waals surface area contributed by atoms with E-state index in [0.717, 1.165) is 11.8 Å². The summed E-state index contributed by atoms with van der Waals surface area (Å²) in [5.74, 6) is 1.70. The monoisotopic (exact) mass is 128 g/mol. The molecule has 0 nitrogen and oxygen atoms in total. The van der Waals surface area contributed by atoms with Crippen LogP contribution in [0.25, 0.3) is 0 Å². The van der Waals surface area contributed by atoms with Gasteiger partial charge in [-0.2, -0.15) is 0 Å². The van der Waals surface area contributed by atoms with Crippen molar-refractivity contribution in [2.24, 2.45) is 11.8 Å². The largest absolute Gasteiger partial charge is 0.103 e. The van der Waals surface area contributed by atoms with Gasteiger partial charge in [0.2, 0.25) is 0 Å². The molecule has 0 aliphatic rings. The van der Waals surface area contributed by atoms with E-state index in [1.165, 1.54) is 0 Å². The average Bonchev–Trinajstić information content (AvgIpc) is 1.68. The molecule has 9 heavy (non-hydrogen) atoms. The van der Waals surface area contributed by atoms with E-state index in [0.29, 0.717) is 0 Å². The molecule has 0 fully saturated rings. The van der Waals surface area contributed by atoms with Crippen molar-refractivity contribution in [3.8, 4) is 0 Å². The van der Waals surface area contributed by atoms with Gasteiger partial charge in [-0.3, -0.25) is 0 Å². The number of allylic oxidation sites excluding steroid dienone is 1. The molecule has 0 aromatic heterocycles. The van der Waals surface area contributed by atoms with Gasteiger partial charge in [-0.15, -0.1) is 6.58 Å². The predicted molar refractivity (Wildman–Crippen MR) is 45.5 cm³/mol. The lowest BCUT2D eigenvalue weighted by molar-refractivity contribution is 0.457. The first-order valence-electron chi connectivity index (χ1n) is 3.63. The molecular weight excluding hydrogens is 108 g/mol. The van der Waals surface area contributed by atoms with Crippen LogP contribution in [0.1, 0.15) is 34.6 Å². The van der Waals surface area contributed by atoms with Gasteiger partial charge in [0.05, 0.1) is 0 Å². The topological polar surface area (TPSA) is 0 Å². The van der Waals surface area contributed by atoms with Crippen molar-refractivity contribution in [2.45, 2.75) is 34.6 Å². The van der Waals surface area contributed by atoms with Gasteiger partial charge in [-0.25, -0.2) is 0 Å². The van der Waals surface area contributed by atoms with Gasteiger partial charge < -0.3 is 0 Å². The molecule has 0 saturated carbocycles. The second-order valence-corrected chi connectivity index (χ2v) is 2.90. The van der Waals surface area contributed by atoms with Gasteiger partial charge in [-0.05, 0) is 18.8 Å². The molecule has 0 N–H and O–H groups in total. The summed E-state index contributed by atoms with van der Waals surface area (Å²) in [6, 6.07) is 0. The first-order valence-corrected chi connectivity index (χ1v) is 3.63. The standard InChI is InChI=1S/C6H14.C3H6/c1-5(2)6(3)4;1-3-2/h5-6H,1-4H3;3H,1H2,2H3. The molecule has 56 valence electrons. The highest BCUT2D eigenvalue weighted by molar-refractivity contribution is 4.51. The molecule has 0 aliphatic carbocycles. The summed E-state index contributed by atoms with van der Waals surface area (Å²) < 4.78 is 0. The Bertz CT molecular complexity index is 45.1. The average molecular weight is 128 g/mol. The van der Waals surface area contributed by atoms with Crippen LogP contribution in [0.5, 0.6) is 0 Å². The molecule has 0 atom stereocenters. The second-order valence-electron chi connectivity index (χ2n) is 2.90. The van der Waals surface area contributed by atoms with Crippen LogP contribution in [0, 0.1) is 11.8 Å². The smallest absolute Gasteiger partial charge is 0.0448 e. The van der Waals surface area contributed by atoms with Crippen LogP contribution >= 0.6 is 0 Å². The number of hydrogen-bond acceptors (Lipinski definition) is 0. The Hall–Kier alpha value is -0.260. The van der Waals surface area contributed by atoms with E-state index in [4.69, 9.17) is 0 Å². The summed E-state index contributed by atoms with van der Waals surface area (Å²) in [6.45, 7) is 14.2. The van der Waals surface area contributed by atoms with E-state index < -0.39 is 0 Å². The minimum Gasteiger partial charge on any atom is -0.103 e. The minimum absolute atomic E-state index is 0.852.